The molecule has 0 bridgehead atoms. The van der Waals surface area contributed by atoms with E-state index in [2.05, 4.69) is 31.2 Å². The average Bonchev–Trinajstić information content (AvgIpc) is 2.39. The molecule has 1 aromatic carbocycles. The van der Waals surface area contributed by atoms with Crippen LogP contribution in [0.15, 0.2) is 41.3 Å². The average molecular weight is 323 g/mol. The highest BCUT2D eigenvalue weighted by Crippen LogP contribution is 2.29. The second-order valence-electron chi connectivity index (χ2n) is 3.92. The van der Waals surface area contributed by atoms with Gasteiger partial charge in [-0.15, -0.1) is 0 Å². The Kier molecular flexibility index (Phi) is 4.06. The Balaban J connectivity index is 2.16. The number of hydrogen-bond acceptors (Lipinski definition) is 5. The molecule has 0 aliphatic rings. The molecule has 98 valence electrons. The molecule has 1 N–H and O–H groups in total. The van der Waals surface area contributed by atoms with Crippen molar-refractivity contribution in [1.29, 1.82) is 0 Å². The number of halogens is 1. The lowest BCUT2D eigenvalue weighted by atomic mass is 10.2. The fourth-order valence-electron chi connectivity index (χ4n) is 1.60. The summed E-state index contributed by atoms with van der Waals surface area (Å²) in [5.74, 6) is 0. The molecule has 0 radical (unpaired) electrons. The lowest BCUT2D eigenvalue weighted by Crippen LogP contribution is -2.08. The SMILES string of the molecule is CC(Nc1ccc([N+](=O)[O-])c(Br)c1)c1cnccn1. The van der Waals surface area contributed by atoms with Crippen molar-refractivity contribution < 1.29 is 4.92 Å². The summed E-state index contributed by atoms with van der Waals surface area (Å²) in [5.41, 5.74) is 1.62. The minimum Gasteiger partial charge on any atom is -0.377 e. The molecule has 7 heteroatoms. The van der Waals surface area contributed by atoms with Gasteiger partial charge in [-0.3, -0.25) is 20.1 Å². The third-order valence-electron chi connectivity index (χ3n) is 2.55. The van der Waals surface area contributed by atoms with Crippen LogP contribution in [0.4, 0.5) is 11.4 Å². The van der Waals surface area contributed by atoms with Gasteiger partial charge in [0.05, 0.1) is 27.3 Å². The van der Waals surface area contributed by atoms with Gasteiger partial charge in [0.25, 0.3) is 5.69 Å². The van der Waals surface area contributed by atoms with Gasteiger partial charge in [-0.05, 0) is 35.0 Å². The first-order valence-corrected chi connectivity index (χ1v) is 6.33. The largest absolute Gasteiger partial charge is 0.377 e. The third kappa shape index (κ3) is 3.25. The number of benzene rings is 1. The molecule has 1 atom stereocenters. The zero-order valence-electron chi connectivity index (χ0n) is 10.1. The molecule has 1 heterocycles. The molecule has 1 unspecified atom stereocenters. The predicted molar refractivity (Wildman–Crippen MR) is 74.9 cm³/mol. The highest BCUT2D eigenvalue weighted by Gasteiger charge is 2.13. The van der Waals surface area contributed by atoms with Crippen LogP contribution in [0, 0.1) is 10.1 Å². The maximum absolute atomic E-state index is 10.7. The molecular weight excluding hydrogens is 312 g/mol. The van der Waals surface area contributed by atoms with E-state index in [1.165, 1.54) is 6.07 Å². The van der Waals surface area contributed by atoms with Crippen molar-refractivity contribution in [2.75, 3.05) is 5.32 Å². The van der Waals surface area contributed by atoms with Crippen molar-refractivity contribution in [1.82, 2.24) is 9.97 Å². The van der Waals surface area contributed by atoms with Gasteiger partial charge in [0.15, 0.2) is 0 Å². The van der Waals surface area contributed by atoms with Crippen molar-refractivity contribution in [3.63, 3.8) is 0 Å². The molecule has 0 aliphatic carbocycles. The molecule has 0 amide bonds. The first kappa shape index (κ1) is 13.4. The fourth-order valence-corrected chi connectivity index (χ4v) is 2.13. The smallest absolute Gasteiger partial charge is 0.283 e. The zero-order chi connectivity index (χ0) is 13.8. The monoisotopic (exact) mass is 322 g/mol. The summed E-state index contributed by atoms with van der Waals surface area (Å²) in [7, 11) is 0. The summed E-state index contributed by atoms with van der Waals surface area (Å²) < 4.78 is 0.439. The minimum absolute atomic E-state index is 0.0395. The number of aromatic nitrogens is 2. The van der Waals surface area contributed by atoms with Gasteiger partial charge in [0.1, 0.15) is 0 Å². The normalized spacial score (nSPS) is 11.9. The number of anilines is 1. The van der Waals surface area contributed by atoms with E-state index in [0.717, 1.165) is 11.4 Å². The highest BCUT2D eigenvalue weighted by molar-refractivity contribution is 9.10. The van der Waals surface area contributed by atoms with Gasteiger partial charge in [-0.25, -0.2) is 0 Å². The van der Waals surface area contributed by atoms with E-state index in [1.807, 2.05) is 6.92 Å². The molecule has 0 aliphatic heterocycles. The van der Waals surface area contributed by atoms with Gasteiger partial charge < -0.3 is 5.32 Å². The number of nitro groups is 1. The van der Waals surface area contributed by atoms with Gasteiger partial charge >= 0.3 is 0 Å². The van der Waals surface area contributed by atoms with Crippen LogP contribution in [0.3, 0.4) is 0 Å². The van der Waals surface area contributed by atoms with E-state index in [-0.39, 0.29) is 11.7 Å². The number of nitrogens with zero attached hydrogens (tertiary/aromatic N) is 3. The van der Waals surface area contributed by atoms with E-state index in [4.69, 9.17) is 0 Å². The summed E-state index contributed by atoms with van der Waals surface area (Å²) in [6.07, 6.45) is 4.91. The van der Waals surface area contributed by atoms with Crippen LogP contribution in [0.2, 0.25) is 0 Å². The predicted octanol–water partition coefficient (Wildman–Crippen LogP) is 3.32. The Labute approximate surface area is 118 Å². The summed E-state index contributed by atoms with van der Waals surface area (Å²) >= 11 is 3.18. The molecule has 0 fully saturated rings. The maximum atomic E-state index is 10.7. The van der Waals surface area contributed by atoms with Crippen LogP contribution in [-0.2, 0) is 0 Å². The Morgan fingerprint density at radius 1 is 1.42 bits per heavy atom. The van der Waals surface area contributed by atoms with Gasteiger partial charge in [-0.2, -0.15) is 0 Å². The highest BCUT2D eigenvalue weighted by atomic mass is 79.9. The van der Waals surface area contributed by atoms with Crippen molar-refractivity contribution >= 4 is 27.3 Å². The Bertz CT molecular complexity index is 592. The zero-order valence-corrected chi connectivity index (χ0v) is 11.7. The lowest BCUT2D eigenvalue weighted by molar-refractivity contribution is -0.385. The summed E-state index contributed by atoms with van der Waals surface area (Å²) in [6, 6.07) is 4.75. The van der Waals surface area contributed by atoms with Crippen LogP contribution in [-0.4, -0.2) is 14.9 Å². The Morgan fingerprint density at radius 3 is 2.79 bits per heavy atom. The topological polar surface area (TPSA) is 81.0 Å². The first-order chi connectivity index (χ1) is 9.08. The minimum atomic E-state index is -0.431. The number of hydrogen-bond donors (Lipinski definition) is 1. The second-order valence-corrected chi connectivity index (χ2v) is 4.77. The van der Waals surface area contributed by atoms with E-state index < -0.39 is 4.92 Å². The lowest BCUT2D eigenvalue weighted by Gasteiger charge is -2.14. The van der Waals surface area contributed by atoms with Crippen molar-refractivity contribution in [2.24, 2.45) is 0 Å². The standard InChI is InChI=1S/C12H11BrN4O2/c1-8(11-7-14-4-5-15-11)16-9-2-3-12(17(18)19)10(13)6-9/h2-8,16H,1H3. The van der Waals surface area contributed by atoms with Gasteiger partial charge in [0.2, 0.25) is 0 Å². The van der Waals surface area contributed by atoms with E-state index >= 15 is 0 Å². The Hall–Kier alpha value is -2.02. The molecule has 2 aromatic rings. The second kappa shape index (κ2) is 5.75. The number of nitro benzene ring substituents is 1. The van der Waals surface area contributed by atoms with E-state index in [1.54, 1.807) is 30.7 Å². The number of rotatable bonds is 4. The van der Waals surface area contributed by atoms with Crippen LogP contribution < -0.4 is 5.32 Å². The molecule has 19 heavy (non-hydrogen) atoms. The fraction of sp³-hybridized carbons (Fsp3) is 0.167. The van der Waals surface area contributed by atoms with E-state index in [9.17, 15) is 10.1 Å². The van der Waals surface area contributed by atoms with Crippen LogP contribution in [0.5, 0.6) is 0 Å². The van der Waals surface area contributed by atoms with Crippen molar-refractivity contribution in [2.45, 2.75) is 13.0 Å². The van der Waals surface area contributed by atoms with Crippen LogP contribution in [0.1, 0.15) is 18.7 Å². The molecule has 0 spiro atoms. The van der Waals surface area contributed by atoms with Crippen molar-refractivity contribution in [3.05, 3.63) is 57.1 Å². The van der Waals surface area contributed by atoms with Crippen LogP contribution in [0.25, 0.3) is 0 Å². The third-order valence-corrected chi connectivity index (χ3v) is 3.19. The molecule has 2 rings (SSSR count). The summed E-state index contributed by atoms with van der Waals surface area (Å²) in [5, 5.41) is 13.9. The molecule has 6 nitrogen and oxygen atoms in total. The summed E-state index contributed by atoms with van der Waals surface area (Å²) in [4.78, 5) is 18.5. The van der Waals surface area contributed by atoms with Crippen LogP contribution >= 0.6 is 15.9 Å². The first-order valence-electron chi connectivity index (χ1n) is 5.54. The van der Waals surface area contributed by atoms with E-state index in [0.29, 0.717) is 4.47 Å². The molecule has 0 saturated carbocycles. The number of nitrogens with one attached hydrogen (secondary N) is 1. The quantitative estimate of drug-likeness (QED) is 0.689. The molecular formula is C12H11BrN4O2. The molecule has 0 saturated heterocycles. The Morgan fingerprint density at radius 2 is 2.21 bits per heavy atom. The summed E-state index contributed by atoms with van der Waals surface area (Å²) in [6.45, 7) is 1.94. The maximum Gasteiger partial charge on any atom is 0.283 e. The van der Waals surface area contributed by atoms with Gasteiger partial charge in [0, 0.05) is 24.1 Å². The molecule has 1 aromatic heterocycles. The van der Waals surface area contributed by atoms with Crippen molar-refractivity contribution in [3.8, 4) is 0 Å². The van der Waals surface area contributed by atoms with Gasteiger partial charge in [-0.1, -0.05) is 0 Å².